The van der Waals surface area contributed by atoms with Crippen molar-refractivity contribution in [3.63, 3.8) is 0 Å². The number of hydrogen-bond donors (Lipinski definition) is 3. The Labute approximate surface area is 155 Å². The Morgan fingerprint density at radius 1 is 1.15 bits per heavy atom. The van der Waals surface area contributed by atoms with Crippen LogP contribution in [0.4, 0.5) is 23.7 Å². The molecule has 1 aromatic carbocycles. The Kier molecular flexibility index (Phi) is 7.06. The average Bonchev–Trinajstić information content (AvgIpc) is 3.38. The third-order valence-corrected chi connectivity index (χ3v) is 3.99. The first-order valence-corrected chi connectivity index (χ1v) is 8.76. The molecule has 2 atom stereocenters. The first-order valence-electron chi connectivity index (χ1n) is 8.76. The van der Waals surface area contributed by atoms with Gasteiger partial charge in [0.05, 0.1) is 18.7 Å². The van der Waals surface area contributed by atoms with Crippen molar-refractivity contribution < 1.29 is 27.5 Å². The van der Waals surface area contributed by atoms with E-state index in [0.717, 1.165) is 18.4 Å². The van der Waals surface area contributed by atoms with E-state index in [1.54, 1.807) is 38.1 Å². The lowest BCUT2D eigenvalue weighted by Crippen LogP contribution is -2.43. The van der Waals surface area contributed by atoms with Gasteiger partial charge in [-0.25, -0.2) is 4.79 Å². The SMILES string of the molecule is CC(COCC(F)(F)F)NC(=O)NC(C)c1ccc(NC(=O)C2CC2)cc1. The van der Waals surface area contributed by atoms with Gasteiger partial charge in [0.15, 0.2) is 0 Å². The minimum Gasteiger partial charge on any atom is -0.370 e. The highest BCUT2D eigenvalue weighted by Crippen LogP contribution is 2.30. The minimum atomic E-state index is -4.39. The maximum absolute atomic E-state index is 12.0. The summed E-state index contributed by atoms with van der Waals surface area (Å²) in [6.07, 6.45) is -2.53. The number of anilines is 1. The number of halogens is 3. The van der Waals surface area contributed by atoms with Crippen molar-refractivity contribution in [2.45, 2.75) is 44.9 Å². The summed E-state index contributed by atoms with van der Waals surface area (Å²) in [6.45, 7) is 1.75. The molecule has 1 aromatic rings. The van der Waals surface area contributed by atoms with Crippen LogP contribution in [0.15, 0.2) is 24.3 Å². The summed E-state index contributed by atoms with van der Waals surface area (Å²) in [5.41, 5.74) is 1.53. The predicted molar refractivity (Wildman–Crippen MR) is 94.2 cm³/mol. The molecule has 27 heavy (non-hydrogen) atoms. The zero-order valence-electron chi connectivity index (χ0n) is 15.2. The molecule has 3 N–H and O–H groups in total. The molecule has 0 saturated heterocycles. The Morgan fingerprint density at radius 2 is 1.78 bits per heavy atom. The summed E-state index contributed by atoms with van der Waals surface area (Å²) in [4.78, 5) is 23.7. The maximum Gasteiger partial charge on any atom is 0.411 e. The maximum atomic E-state index is 12.0. The summed E-state index contributed by atoms with van der Waals surface area (Å²) in [5, 5.41) is 8.07. The van der Waals surface area contributed by atoms with Gasteiger partial charge in [-0.2, -0.15) is 13.2 Å². The largest absolute Gasteiger partial charge is 0.411 e. The van der Waals surface area contributed by atoms with Crippen LogP contribution in [0.25, 0.3) is 0 Å². The van der Waals surface area contributed by atoms with Crippen LogP contribution >= 0.6 is 0 Å². The highest BCUT2D eigenvalue weighted by atomic mass is 19.4. The van der Waals surface area contributed by atoms with Gasteiger partial charge in [0, 0.05) is 11.6 Å². The first-order chi connectivity index (χ1) is 12.6. The molecule has 1 fully saturated rings. The number of carbonyl (C=O) groups excluding carboxylic acids is 2. The third kappa shape index (κ3) is 7.86. The average molecular weight is 387 g/mol. The van der Waals surface area contributed by atoms with E-state index in [9.17, 15) is 22.8 Å². The molecule has 0 radical (unpaired) electrons. The van der Waals surface area contributed by atoms with Crippen molar-refractivity contribution >= 4 is 17.6 Å². The number of benzene rings is 1. The molecule has 0 bridgehead atoms. The smallest absolute Gasteiger partial charge is 0.370 e. The Hall–Kier alpha value is -2.29. The summed E-state index contributed by atoms with van der Waals surface area (Å²) < 4.78 is 40.6. The summed E-state index contributed by atoms with van der Waals surface area (Å²) in [6, 6.07) is 5.73. The van der Waals surface area contributed by atoms with E-state index in [0.29, 0.717) is 5.69 Å². The molecule has 6 nitrogen and oxygen atoms in total. The molecule has 150 valence electrons. The monoisotopic (exact) mass is 387 g/mol. The highest BCUT2D eigenvalue weighted by molar-refractivity contribution is 5.94. The zero-order chi connectivity index (χ0) is 20.0. The molecule has 1 aliphatic carbocycles. The molecule has 9 heteroatoms. The second kappa shape index (κ2) is 9.07. The van der Waals surface area contributed by atoms with E-state index in [-0.39, 0.29) is 24.5 Å². The van der Waals surface area contributed by atoms with E-state index in [4.69, 9.17) is 0 Å². The van der Waals surface area contributed by atoms with Gasteiger partial charge in [0.2, 0.25) is 5.91 Å². The predicted octanol–water partition coefficient (Wildman–Crippen LogP) is 3.36. The van der Waals surface area contributed by atoms with Crippen LogP contribution in [0.2, 0.25) is 0 Å². The van der Waals surface area contributed by atoms with Crippen LogP contribution in [0.5, 0.6) is 0 Å². The van der Waals surface area contributed by atoms with E-state index >= 15 is 0 Å². The Bertz CT molecular complexity index is 645. The van der Waals surface area contributed by atoms with Crippen LogP contribution in [0, 0.1) is 5.92 Å². The molecule has 2 rings (SSSR count). The molecule has 1 saturated carbocycles. The van der Waals surface area contributed by atoms with Crippen LogP contribution < -0.4 is 16.0 Å². The van der Waals surface area contributed by atoms with Crippen molar-refractivity contribution in [2.75, 3.05) is 18.5 Å². The van der Waals surface area contributed by atoms with Crippen LogP contribution in [0.1, 0.15) is 38.3 Å². The quantitative estimate of drug-likeness (QED) is 0.640. The summed E-state index contributed by atoms with van der Waals surface area (Å²) >= 11 is 0. The molecular formula is C18H24F3N3O3. The molecule has 0 aliphatic heterocycles. The Morgan fingerprint density at radius 3 is 2.33 bits per heavy atom. The van der Waals surface area contributed by atoms with Gasteiger partial charge >= 0.3 is 12.2 Å². The van der Waals surface area contributed by atoms with Crippen LogP contribution in [-0.2, 0) is 9.53 Å². The van der Waals surface area contributed by atoms with E-state index in [1.807, 2.05) is 0 Å². The fraction of sp³-hybridized carbons (Fsp3) is 0.556. The summed E-state index contributed by atoms with van der Waals surface area (Å²) in [5.74, 6) is 0.145. The fourth-order valence-corrected chi connectivity index (χ4v) is 2.38. The lowest BCUT2D eigenvalue weighted by atomic mass is 10.1. The number of ether oxygens (including phenoxy) is 1. The second-order valence-electron chi connectivity index (χ2n) is 6.76. The number of amides is 3. The minimum absolute atomic E-state index is 0.0232. The van der Waals surface area contributed by atoms with Gasteiger partial charge in [0.25, 0.3) is 0 Å². The van der Waals surface area contributed by atoms with E-state index < -0.39 is 24.9 Å². The van der Waals surface area contributed by atoms with Crippen LogP contribution in [-0.4, -0.2) is 37.4 Å². The second-order valence-corrected chi connectivity index (χ2v) is 6.76. The first kappa shape index (κ1) is 21.0. The number of rotatable bonds is 8. The lowest BCUT2D eigenvalue weighted by molar-refractivity contribution is -0.174. The third-order valence-electron chi connectivity index (χ3n) is 3.99. The van der Waals surface area contributed by atoms with E-state index in [1.165, 1.54) is 0 Å². The normalized spacial score (nSPS) is 16.3. The number of hydrogen-bond acceptors (Lipinski definition) is 3. The molecular weight excluding hydrogens is 363 g/mol. The van der Waals surface area contributed by atoms with Crippen molar-refractivity contribution in [2.24, 2.45) is 5.92 Å². The number of alkyl halides is 3. The number of urea groups is 1. The van der Waals surface area contributed by atoms with Crippen molar-refractivity contribution in [3.8, 4) is 0 Å². The van der Waals surface area contributed by atoms with Gasteiger partial charge in [0.1, 0.15) is 6.61 Å². The van der Waals surface area contributed by atoms with Crippen molar-refractivity contribution in [1.29, 1.82) is 0 Å². The standard InChI is InChI=1S/C18H24F3N3O3/c1-11(9-27-10-18(19,20)21)22-17(26)23-12(2)13-5-7-15(8-6-13)24-16(25)14-3-4-14/h5-8,11-12,14H,3-4,9-10H2,1-2H3,(H,24,25)(H2,22,23,26). The van der Waals surface area contributed by atoms with E-state index in [2.05, 4.69) is 20.7 Å². The molecule has 2 unspecified atom stereocenters. The van der Waals surface area contributed by atoms with Crippen molar-refractivity contribution in [1.82, 2.24) is 10.6 Å². The van der Waals surface area contributed by atoms with Gasteiger partial charge in [-0.3, -0.25) is 4.79 Å². The molecule has 0 aromatic heterocycles. The Balaban J connectivity index is 1.73. The van der Waals surface area contributed by atoms with Gasteiger partial charge < -0.3 is 20.7 Å². The molecule has 3 amide bonds. The van der Waals surface area contributed by atoms with Crippen molar-refractivity contribution in [3.05, 3.63) is 29.8 Å². The highest BCUT2D eigenvalue weighted by Gasteiger charge is 2.29. The van der Waals surface area contributed by atoms with Gasteiger partial charge in [-0.15, -0.1) is 0 Å². The molecule has 1 aliphatic rings. The molecule has 0 heterocycles. The lowest BCUT2D eigenvalue weighted by Gasteiger charge is -2.19. The zero-order valence-corrected chi connectivity index (χ0v) is 15.2. The number of nitrogens with one attached hydrogen (secondary N) is 3. The van der Waals surface area contributed by atoms with Gasteiger partial charge in [-0.1, -0.05) is 12.1 Å². The van der Waals surface area contributed by atoms with Crippen LogP contribution in [0.3, 0.4) is 0 Å². The number of carbonyl (C=O) groups is 2. The summed E-state index contributed by atoms with van der Waals surface area (Å²) in [7, 11) is 0. The topological polar surface area (TPSA) is 79.5 Å². The molecule has 0 spiro atoms. The van der Waals surface area contributed by atoms with Gasteiger partial charge in [-0.05, 0) is 44.4 Å². The fourth-order valence-electron chi connectivity index (χ4n) is 2.38.